The molecule has 0 heterocycles. The van der Waals surface area contributed by atoms with Crippen LogP contribution in [-0.4, -0.2) is 11.9 Å². The molecule has 100 valence electrons. The zero-order valence-electron chi connectivity index (χ0n) is 11.3. The molecule has 0 aromatic heterocycles. The minimum absolute atomic E-state index is 0.201. The van der Waals surface area contributed by atoms with Crippen LogP contribution in [0.25, 0.3) is 0 Å². The lowest BCUT2D eigenvalue weighted by molar-refractivity contribution is -0.117. The van der Waals surface area contributed by atoms with E-state index >= 15 is 0 Å². The van der Waals surface area contributed by atoms with E-state index in [1.54, 1.807) is 6.92 Å². The summed E-state index contributed by atoms with van der Waals surface area (Å²) in [6.45, 7) is 1.65. The van der Waals surface area contributed by atoms with E-state index in [9.17, 15) is 4.79 Å². The lowest BCUT2D eigenvalue weighted by Gasteiger charge is -2.07. The molecule has 0 spiro atoms. The Kier molecular flexibility index (Phi) is 4.54. The third-order valence-corrected chi connectivity index (χ3v) is 2.69. The molecule has 3 heteroatoms. The van der Waals surface area contributed by atoms with Crippen LogP contribution in [0.4, 0.5) is 5.69 Å². The minimum atomic E-state index is -0.521. The molecule has 20 heavy (non-hydrogen) atoms. The van der Waals surface area contributed by atoms with Crippen LogP contribution in [0.3, 0.4) is 0 Å². The van der Waals surface area contributed by atoms with E-state index in [-0.39, 0.29) is 5.91 Å². The maximum atomic E-state index is 11.4. The Balaban J connectivity index is 2.06. The highest BCUT2D eigenvalue weighted by Crippen LogP contribution is 2.09. The van der Waals surface area contributed by atoms with Gasteiger partial charge in [0.15, 0.2) is 0 Å². The molecular formula is C17H16N2O. The van der Waals surface area contributed by atoms with Gasteiger partial charge in [-0.05, 0) is 43.3 Å². The average molecular weight is 264 g/mol. The Morgan fingerprint density at radius 1 is 1.00 bits per heavy atom. The normalized spacial score (nSPS) is 11.1. The second-order valence-corrected chi connectivity index (χ2v) is 4.47. The Hall–Kier alpha value is -2.57. The van der Waals surface area contributed by atoms with Gasteiger partial charge in [0.2, 0.25) is 5.91 Å². The van der Waals surface area contributed by atoms with Crippen LogP contribution in [0.15, 0.2) is 54.6 Å². The Labute approximate surface area is 118 Å². The van der Waals surface area contributed by atoms with Crippen LogP contribution >= 0.6 is 0 Å². The van der Waals surface area contributed by atoms with Crippen LogP contribution in [0.2, 0.25) is 0 Å². The molecule has 0 saturated heterocycles. The fraction of sp³-hybridized carbons (Fsp3) is 0.118. The quantitative estimate of drug-likeness (QED) is 0.818. The number of benzene rings is 2. The van der Waals surface area contributed by atoms with Gasteiger partial charge in [-0.15, -0.1) is 0 Å². The van der Waals surface area contributed by atoms with Gasteiger partial charge in [0.1, 0.15) is 0 Å². The number of rotatable bonds is 2. The van der Waals surface area contributed by atoms with Gasteiger partial charge in [0, 0.05) is 16.8 Å². The van der Waals surface area contributed by atoms with Gasteiger partial charge in [0.05, 0.1) is 6.04 Å². The van der Waals surface area contributed by atoms with E-state index in [2.05, 4.69) is 17.2 Å². The lowest BCUT2D eigenvalue weighted by Crippen LogP contribution is -2.32. The third kappa shape index (κ3) is 3.98. The highest BCUT2D eigenvalue weighted by atomic mass is 16.2. The minimum Gasteiger partial charge on any atom is -0.325 e. The van der Waals surface area contributed by atoms with Gasteiger partial charge in [-0.1, -0.05) is 30.0 Å². The molecule has 3 nitrogen and oxygen atoms in total. The van der Waals surface area contributed by atoms with Gasteiger partial charge < -0.3 is 11.1 Å². The zero-order chi connectivity index (χ0) is 14.4. The summed E-state index contributed by atoms with van der Waals surface area (Å²) in [7, 11) is 0. The fourth-order valence-electron chi connectivity index (χ4n) is 1.56. The molecule has 0 fully saturated rings. The molecule has 0 aliphatic heterocycles. The van der Waals surface area contributed by atoms with Crippen molar-refractivity contribution < 1.29 is 4.79 Å². The summed E-state index contributed by atoms with van der Waals surface area (Å²) in [6, 6.07) is 16.6. The van der Waals surface area contributed by atoms with Crippen molar-refractivity contribution in [1.82, 2.24) is 0 Å². The smallest absolute Gasteiger partial charge is 0.240 e. The predicted octanol–water partition coefficient (Wildman–Crippen LogP) is 2.37. The van der Waals surface area contributed by atoms with Crippen molar-refractivity contribution in [3.63, 3.8) is 0 Å². The maximum Gasteiger partial charge on any atom is 0.240 e. The molecule has 0 radical (unpaired) electrons. The number of carbonyl (C=O) groups excluding carboxylic acids is 1. The molecule has 1 atom stereocenters. The van der Waals surface area contributed by atoms with Crippen molar-refractivity contribution in [3.8, 4) is 11.8 Å². The molecule has 2 rings (SSSR count). The predicted molar refractivity (Wildman–Crippen MR) is 81.1 cm³/mol. The second kappa shape index (κ2) is 6.55. The van der Waals surface area contributed by atoms with Crippen molar-refractivity contribution in [2.24, 2.45) is 5.73 Å². The highest BCUT2D eigenvalue weighted by molar-refractivity contribution is 5.94. The standard InChI is InChI=1S/C17H16N2O/c1-13(18)17(20)19-16-11-9-15(10-12-16)8-7-14-5-3-2-4-6-14/h2-6,9-13H,18H2,1H3,(H,19,20). The van der Waals surface area contributed by atoms with E-state index in [0.717, 1.165) is 16.8 Å². The van der Waals surface area contributed by atoms with Crippen molar-refractivity contribution in [3.05, 3.63) is 65.7 Å². The topological polar surface area (TPSA) is 55.1 Å². The number of carbonyl (C=O) groups is 1. The fourth-order valence-corrected chi connectivity index (χ4v) is 1.56. The van der Waals surface area contributed by atoms with Crippen LogP contribution in [0.1, 0.15) is 18.1 Å². The van der Waals surface area contributed by atoms with Crippen molar-refractivity contribution in [2.75, 3.05) is 5.32 Å². The van der Waals surface area contributed by atoms with Gasteiger partial charge in [-0.25, -0.2) is 0 Å². The summed E-state index contributed by atoms with van der Waals surface area (Å²) in [5, 5.41) is 2.73. The molecule has 1 amide bonds. The first-order chi connectivity index (χ1) is 9.65. The summed E-state index contributed by atoms with van der Waals surface area (Å²) < 4.78 is 0. The number of hydrogen-bond donors (Lipinski definition) is 2. The third-order valence-electron chi connectivity index (χ3n) is 2.69. The SMILES string of the molecule is CC(N)C(=O)Nc1ccc(C#Cc2ccccc2)cc1. The summed E-state index contributed by atoms with van der Waals surface area (Å²) in [5.41, 5.74) is 8.08. The van der Waals surface area contributed by atoms with Gasteiger partial charge in [-0.3, -0.25) is 4.79 Å². The second-order valence-electron chi connectivity index (χ2n) is 4.47. The molecule has 0 saturated carbocycles. The molecular weight excluding hydrogens is 248 g/mol. The number of nitrogens with one attached hydrogen (secondary N) is 1. The van der Waals surface area contributed by atoms with Crippen molar-refractivity contribution >= 4 is 11.6 Å². The van der Waals surface area contributed by atoms with Crippen LogP contribution in [0, 0.1) is 11.8 Å². The van der Waals surface area contributed by atoms with Crippen LogP contribution < -0.4 is 11.1 Å². The first-order valence-corrected chi connectivity index (χ1v) is 6.39. The van der Waals surface area contributed by atoms with Crippen LogP contribution in [0.5, 0.6) is 0 Å². The zero-order valence-corrected chi connectivity index (χ0v) is 11.3. The van der Waals surface area contributed by atoms with Crippen LogP contribution in [-0.2, 0) is 4.79 Å². The van der Waals surface area contributed by atoms with Gasteiger partial charge >= 0.3 is 0 Å². The number of anilines is 1. The molecule has 0 aliphatic rings. The summed E-state index contributed by atoms with van der Waals surface area (Å²) in [4.78, 5) is 11.4. The number of amides is 1. The Morgan fingerprint density at radius 3 is 2.10 bits per heavy atom. The molecule has 0 aliphatic carbocycles. The maximum absolute atomic E-state index is 11.4. The number of hydrogen-bond acceptors (Lipinski definition) is 2. The van der Waals surface area contributed by atoms with E-state index in [0.29, 0.717) is 0 Å². The molecule has 0 bridgehead atoms. The Bertz CT molecular complexity index is 634. The van der Waals surface area contributed by atoms with E-state index in [4.69, 9.17) is 5.73 Å². The van der Waals surface area contributed by atoms with E-state index in [1.807, 2.05) is 54.6 Å². The highest BCUT2D eigenvalue weighted by Gasteiger charge is 2.06. The van der Waals surface area contributed by atoms with Gasteiger partial charge in [-0.2, -0.15) is 0 Å². The van der Waals surface area contributed by atoms with Gasteiger partial charge in [0.25, 0.3) is 0 Å². The molecule has 3 N–H and O–H groups in total. The lowest BCUT2D eigenvalue weighted by atomic mass is 10.1. The molecule has 2 aromatic carbocycles. The van der Waals surface area contributed by atoms with E-state index < -0.39 is 6.04 Å². The molecule has 2 aromatic rings. The largest absolute Gasteiger partial charge is 0.325 e. The Morgan fingerprint density at radius 2 is 1.55 bits per heavy atom. The molecule has 1 unspecified atom stereocenters. The summed E-state index contributed by atoms with van der Waals surface area (Å²) in [6.07, 6.45) is 0. The average Bonchev–Trinajstić information content (AvgIpc) is 2.47. The van der Waals surface area contributed by atoms with Crippen molar-refractivity contribution in [2.45, 2.75) is 13.0 Å². The summed E-state index contributed by atoms with van der Waals surface area (Å²) in [5.74, 6) is 5.96. The first-order valence-electron chi connectivity index (χ1n) is 6.39. The van der Waals surface area contributed by atoms with Crippen molar-refractivity contribution in [1.29, 1.82) is 0 Å². The summed E-state index contributed by atoms with van der Waals surface area (Å²) >= 11 is 0. The monoisotopic (exact) mass is 264 g/mol. The first kappa shape index (κ1) is 13.9. The number of nitrogens with two attached hydrogens (primary N) is 1. The van der Waals surface area contributed by atoms with E-state index in [1.165, 1.54) is 0 Å².